The summed E-state index contributed by atoms with van der Waals surface area (Å²) in [7, 11) is 0. The first-order chi connectivity index (χ1) is 8.50. The van der Waals surface area contributed by atoms with Crippen LogP contribution in [0.2, 0.25) is 0 Å². The number of carbonyl (C=O) groups is 2. The molecular formula is C12H19N3O3. The fourth-order valence-corrected chi connectivity index (χ4v) is 1.67. The van der Waals surface area contributed by atoms with Gasteiger partial charge in [-0.05, 0) is 13.8 Å². The number of imidazole rings is 1. The highest BCUT2D eigenvalue weighted by Gasteiger charge is 2.17. The van der Waals surface area contributed by atoms with Crippen molar-refractivity contribution in [2.45, 2.75) is 39.3 Å². The SMILES string of the molecule is CC(C)N(CCC(=O)O)C(=O)CCn1ccnc1. The molecule has 0 fully saturated rings. The Hall–Kier alpha value is -1.85. The Morgan fingerprint density at radius 2 is 2.11 bits per heavy atom. The van der Waals surface area contributed by atoms with Gasteiger partial charge in [0.15, 0.2) is 0 Å². The van der Waals surface area contributed by atoms with Gasteiger partial charge in [-0.2, -0.15) is 0 Å². The molecule has 0 aliphatic rings. The molecule has 1 rings (SSSR count). The number of hydrogen-bond acceptors (Lipinski definition) is 3. The summed E-state index contributed by atoms with van der Waals surface area (Å²) in [6.45, 7) is 4.60. The van der Waals surface area contributed by atoms with Crippen LogP contribution in [0.25, 0.3) is 0 Å². The fraction of sp³-hybridized carbons (Fsp3) is 0.583. The fourth-order valence-electron chi connectivity index (χ4n) is 1.67. The molecule has 0 bridgehead atoms. The summed E-state index contributed by atoms with van der Waals surface area (Å²) in [5, 5.41) is 8.66. The van der Waals surface area contributed by atoms with Crippen LogP contribution < -0.4 is 0 Å². The van der Waals surface area contributed by atoms with Crippen LogP contribution in [0, 0.1) is 0 Å². The molecule has 1 aromatic rings. The largest absolute Gasteiger partial charge is 0.481 e. The topological polar surface area (TPSA) is 75.4 Å². The molecule has 18 heavy (non-hydrogen) atoms. The number of carboxylic acids is 1. The third kappa shape index (κ3) is 4.57. The van der Waals surface area contributed by atoms with Gasteiger partial charge in [-0.25, -0.2) is 4.98 Å². The summed E-state index contributed by atoms with van der Waals surface area (Å²) in [5.41, 5.74) is 0. The lowest BCUT2D eigenvalue weighted by atomic mass is 10.2. The summed E-state index contributed by atoms with van der Waals surface area (Å²) in [6.07, 6.45) is 5.45. The zero-order chi connectivity index (χ0) is 13.5. The normalized spacial score (nSPS) is 10.6. The molecule has 6 nitrogen and oxygen atoms in total. The number of hydrogen-bond donors (Lipinski definition) is 1. The van der Waals surface area contributed by atoms with E-state index in [4.69, 9.17) is 5.11 Å². The molecule has 0 aromatic carbocycles. The lowest BCUT2D eigenvalue weighted by molar-refractivity contribution is -0.139. The number of aromatic nitrogens is 2. The third-order valence-electron chi connectivity index (χ3n) is 2.65. The maximum absolute atomic E-state index is 12.0. The second-order valence-electron chi connectivity index (χ2n) is 4.38. The van der Waals surface area contributed by atoms with Crippen LogP contribution in [0.3, 0.4) is 0 Å². The molecule has 1 amide bonds. The Kier molecular flexibility index (Phi) is 5.35. The second-order valence-corrected chi connectivity index (χ2v) is 4.38. The standard InChI is InChI=1S/C12H19N3O3/c1-10(2)15(7-4-12(17)18)11(16)3-6-14-8-5-13-9-14/h5,8-10H,3-4,6-7H2,1-2H3,(H,17,18). The molecule has 100 valence electrons. The minimum Gasteiger partial charge on any atom is -0.481 e. The van der Waals surface area contributed by atoms with Crippen molar-refractivity contribution in [2.75, 3.05) is 6.54 Å². The van der Waals surface area contributed by atoms with Crippen LogP contribution in [0.4, 0.5) is 0 Å². The molecule has 0 radical (unpaired) electrons. The smallest absolute Gasteiger partial charge is 0.305 e. The summed E-state index contributed by atoms with van der Waals surface area (Å²) >= 11 is 0. The molecule has 0 aliphatic heterocycles. The van der Waals surface area contributed by atoms with Gasteiger partial charge in [0, 0.05) is 37.9 Å². The monoisotopic (exact) mass is 253 g/mol. The molecule has 0 saturated carbocycles. The van der Waals surface area contributed by atoms with Crippen molar-refractivity contribution >= 4 is 11.9 Å². The van der Waals surface area contributed by atoms with Crippen LogP contribution in [0.15, 0.2) is 18.7 Å². The Morgan fingerprint density at radius 1 is 1.39 bits per heavy atom. The van der Waals surface area contributed by atoms with Gasteiger partial charge in [0.25, 0.3) is 0 Å². The molecule has 0 unspecified atom stereocenters. The van der Waals surface area contributed by atoms with Crippen molar-refractivity contribution in [3.05, 3.63) is 18.7 Å². The number of aliphatic carboxylic acids is 1. The number of carbonyl (C=O) groups excluding carboxylic acids is 1. The van der Waals surface area contributed by atoms with Gasteiger partial charge in [0.1, 0.15) is 0 Å². The first kappa shape index (κ1) is 14.2. The number of nitrogens with zero attached hydrogens (tertiary/aromatic N) is 3. The molecule has 1 aromatic heterocycles. The molecule has 0 spiro atoms. The van der Waals surface area contributed by atoms with Crippen molar-refractivity contribution in [3.8, 4) is 0 Å². The Balaban J connectivity index is 2.46. The van der Waals surface area contributed by atoms with E-state index in [0.29, 0.717) is 13.0 Å². The lowest BCUT2D eigenvalue weighted by Gasteiger charge is -2.26. The third-order valence-corrected chi connectivity index (χ3v) is 2.65. The molecule has 1 N–H and O–H groups in total. The van der Waals surface area contributed by atoms with E-state index in [1.165, 1.54) is 0 Å². The van der Waals surface area contributed by atoms with Gasteiger partial charge >= 0.3 is 5.97 Å². The van der Waals surface area contributed by atoms with Gasteiger partial charge in [-0.3, -0.25) is 9.59 Å². The average molecular weight is 253 g/mol. The minimum absolute atomic E-state index is 0.0136. The van der Waals surface area contributed by atoms with Crippen LogP contribution in [-0.4, -0.2) is 44.0 Å². The first-order valence-electron chi connectivity index (χ1n) is 5.97. The number of carboxylic acid groups (broad SMARTS) is 1. The maximum Gasteiger partial charge on any atom is 0.305 e. The lowest BCUT2D eigenvalue weighted by Crippen LogP contribution is -2.38. The molecule has 1 heterocycles. The molecule has 0 atom stereocenters. The van der Waals surface area contributed by atoms with E-state index >= 15 is 0 Å². The Morgan fingerprint density at radius 3 is 2.61 bits per heavy atom. The number of aryl methyl sites for hydroxylation is 1. The second kappa shape index (κ2) is 6.78. The molecular weight excluding hydrogens is 234 g/mol. The molecule has 0 saturated heterocycles. The van der Waals surface area contributed by atoms with Crippen molar-refractivity contribution in [2.24, 2.45) is 0 Å². The number of amides is 1. The van der Waals surface area contributed by atoms with E-state index in [1.807, 2.05) is 18.4 Å². The van der Waals surface area contributed by atoms with E-state index < -0.39 is 5.97 Å². The van der Waals surface area contributed by atoms with Crippen molar-refractivity contribution in [3.63, 3.8) is 0 Å². The predicted octanol–water partition coefficient (Wildman–Crippen LogP) is 0.985. The van der Waals surface area contributed by atoms with Crippen LogP contribution in [-0.2, 0) is 16.1 Å². The van der Waals surface area contributed by atoms with Gasteiger partial charge in [0.05, 0.1) is 12.7 Å². The van der Waals surface area contributed by atoms with E-state index in [0.717, 1.165) is 0 Å². The van der Waals surface area contributed by atoms with Crippen LogP contribution in [0.5, 0.6) is 0 Å². The highest BCUT2D eigenvalue weighted by molar-refractivity contribution is 5.77. The van der Waals surface area contributed by atoms with Gasteiger partial charge in [0.2, 0.25) is 5.91 Å². The molecule has 0 aliphatic carbocycles. The van der Waals surface area contributed by atoms with Gasteiger partial charge in [-0.15, -0.1) is 0 Å². The van der Waals surface area contributed by atoms with Crippen molar-refractivity contribution in [1.29, 1.82) is 0 Å². The predicted molar refractivity (Wildman–Crippen MR) is 65.9 cm³/mol. The zero-order valence-corrected chi connectivity index (χ0v) is 10.7. The van der Waals surface area contributed by atoms with Crippen LogP contribution in [0.1, 0.15) is 26.7 Å². The Bertz CT molecular complexity index is 387. The van der Waals surface area contributed by atoms with Gasteiger partial charge in [-0.1, -0.05) is 0 Å². The minimum atomic E-state index is -0.886. The number of rotatable bonds is 7. The van der Waals surface area contributed by atoms with Crippen molar-refractivity contribution in [1.82, 2.24) is 14.5 Å². The summed E-state index contributed by atoms with van der Waals surface area (Å²) in [6, 6.07) is 0.0136. The molecule has 6 heteroatoms. The zero-order valence-electron chi connectivity index (χ0n) is 10.7. The average Bonchev–Trinajstić information content (AvgIpc) is 2.78. The highest BCUT2D eigenvalue weighted by Crippen LogP contribution is 2.04. The summed E-state index contributed by atoms with van der Waals surface area (Å²) < 4.78 is 1.83. The van der Waals surface area contributed by atoms with E-state index in [1.54, 1.807) is 23.6 Å². The summed E-state index contributed by atoms with van der Waals surface area (Å²) in [5.74, 6) is -0.914. The maximum atomic E-state index is 12.0. The van der Waals surface area contributed by atoms with E-state index in [9.17, 15) is 9.59 Å². The van der Waals surface area contributed by atoms with Crippen molar-refractivity contribution < 1.29 is 14.7 Å². The highest BCUT2D eigenvalue weighted by atomic mass is 16.4. The van der Waals surface area contributed by atoms with Crippen LogP contribution >= 0.6 is 0 Å². The summed E-state index contributed by atoms with van der Waals surface area (Å²) in [4.78, 5) is 28.0. The Labute approximate surface area is 106 Å². The van der Waals surface area contributed by atoms with E-state index in [-0.39, 0.29) is 24.9 Å². The first-order valence-corrected chi connectivity index (χ1v) is 5.97. The quantitative estimate of drug-likeness (QED) is 0.786. The van der Waals surface area contributed by atoms with E-state index in [2.05, 4.69) is 4.98 Å². The van der Waals surface area contributed by atoms with Gasteiger partial charge < -0.3 is 14.6 Å².